The van der Waals surface area contributed by atoms with Gasteiger partial charge in [-0.05, 0) is 52.3 Å². The van der Waals surface area contributed by atoms with E-state index in [1.54, 1.807) is 18.4 Å². The molecule has 3 rings (SSSR count). The first-order valence-electron chi connectivity index (χ1n) is 6.38. The van der Waals surface area contributed by atoms with E-state index in [0.717, 1.165) is 32.3 Å². The number of methoxy groups -OCH3 is 1. The minimum atomic E-state index is 0.848. The Kier molecular flexibility index (Phi) is 4.22. The Morgan fingerprint density at radius 3 is 2.57 bits per heavy atom. The molecule has 106 valence electrons. The number of rotatable bonds is 4. The SMILES string of the molecule is COc1ccc(-c2csc(Nc3ccccc3Br)n2)cc1. The van der Waals surface area contributed by atoms with Crippen LogP contribution < -0.4 is 10.1 Å². The van der Waals surface area contributed by atoms with Crippen molar-refractivity contribution < 1.29 is 4.74 Å². The summed E-state index contributed by atoms with van der Waals surface area (Å²) in [6, 6.07) is 15.9. The molecule has 0 aliphatic heterocycles. The molecule has 2 aromatic carbocycles. The van der Waals surface area contributed by atoms with Gasteiger partial charge in [-0.2, -0.15) is 0 Å². The molecule has 0 aliphatic rings. The maximum Gasteiger partial charge on any atom is 0.187 e. The molecule has 3 aromatic rings. The number of aromatic nitrogens is 1. The zero-order valence-corrected chi connectivity index (χ0v) is 13.7. The van der Waals surface area contributed by atoms with Gasteiger partial charge < -0.3 is 10.1 Å². The van der Waals surface area contributed by atoms with E-state index < -0.39 is 0 Å². The highest BCUT2D eigenvalue weighted by atomic mass is 79.9. The topological polar surface area (TPSA) is 34.1 Å². The molecular formula is C16H13BrN2OS. The van der Waals surface area contributed by atoms with Gasteiger partial charge in [0, 0.05) is 15.4 Å². The molecule has 0 bridgehead atoms. The Labute approximate surface area is 135 Å². The predicted octanol–water partition coefficient (Wildman–Crippen LogP) is 5.32. The summed E-state index contributed by atoms with van der Waals surface area (Å²) in [6.45, 7) is 0. The van der Waals surface area contributed by atoms with E-state index in [2.05, 4.69) is 26.2 Å². The summed E-state index contributed by atoms with van der Waals surface area (Å²) in [4.78, 5) is 4.62. The highest BCUT2D eigenvalue weighted by Gasteiger charge is 2.06. The second kappa shape index (κ2) is 6.28. The molecule has 0 saturated carbocycles. The lowest BCUT2D eigenvalue weighted by Gasteiger charge is -2.04. The fraction of sp³-hybridized carbons (Fsp3) is 0.0625. The third-order valence-electron chi connectivity index (χ3n) is 3.01. The molecule has 1 heterocycles. The first kappa shape index (κ1) is 14.1. The Morgan fingerprint density at radius 1 is 1.10 bits per heavy atom. The number of halogens is 1. The monoisotopic (exact) mass is 360 g/mol. The van der Waals surface area contributed by atoms with Crippen molar-refractivity contribution in [3.05, 3.63) is 58.4 Å². The molecule has 1 aromatic heterocycles. The first-order valence-corrected chi connectivity index (χ1v) is 8.05. The molecular weight excluding hydrogens is 348 g/mol. The van der Waals surface area contributed by atoms with Crippen molar-refractivity contribution in [2.45, 2.75) is 0 Å². The van der Waals surface area contributed by atoms with Crippen molar-refractivity contribution in [1.82, 2.24) is 4.98 Å². The number of nitrogens with one attached hydrogen (secondary N) is 1. The Bertz CT molecular complexity index is 740. The van der Waals surface area contributed by atoms with E-state index in [1.807, 2.05) is 53.9 Å². The number of hydrogen-bond donors (Lipinski definition) is 1. The molecule has 0 amide bonds. The molecule has 21 heavy (non-hydrogen) atoms. The third kappa shape index (κ3) is 3.25. The molecule has 0 saturated heterocycles. The zero-order chi connectivity index (χ0) is 14.7. The van der Waals surface area contributed by atoms with Gasteiger partial charge in [0.05, 0.1) is 18.5 Å². The quantitative estimate of drug-likeness (QED) is 0.683. The van der Waals surface area contributed by atoms with Crippen LogP contribution in [0.25, 0.3) is 11.3 Å². The van der Waals surface area contributed by atoms with Crippen molar-refractivity contribution in [3.63, 3.8) is 0 Å². The molecule has 0 aliphatic carbocycles. The van der Waals surface area contributed by atoms with Gasteiger partial charge >= 0.3 is 0 Å². The van der Waals surface area contributed by atoms with Gasteiger partial charge in [0.25, 0.3) is 0 Å². The molecule has 3 nitrogen and oxygen atoms in total. The summed E-state index contributed by atoms with van der Waals surface area (Å²) < 4.78 is 6.19. The summed E-state index contributed by atoms with van der Waals surface area (Å²) in [5.74, 6) is 0.848. The molecule has 0 atom stereocenters. The van der Waals surface area contributed by atoms with Crippen LogP contribution in [0.4, 0.5) is 10.8 Å². The van der Waals surface area contributed by atoms with Crippen LogP contribution in [0.1, 0.15) is 0 Å². The predicted molar refractivity (Wildman–Crippen MR) is 91.5 cm³/mol. The van der Waals surface area contributed by atoms with Crippen LogP contribution in [0.5, 0.6) is 5.75 Å². The molecule has 1 N–H and O–H groups in total. The second-order valence-corrected chi connectivity index (χ2v) is 6.08. The maximum atomic E-state index is 5.17. The molecule has 0 fully saturated rings. The largest absolute Gasteiger partial charge is 0.497 e. The summed E-state index contributed by atoms with van der Waals surface area (Å²) in [6.07, 6.45) is 0. The fourth-order valence-electron chi connectivity index (χ4n) is 1.90. The highest BCUT2D eigenvalue weighted by molar-refractivity contribution is 9.10. The number of ether oxygens (including phenoxy) is 1. The van der Waals surface area contributed by atoms with Gasteiger partial charge in [0.1, 0.15) is 5.75 Å². The molecule has 5 heteroatoms. The van der Waals surface area contributed by atoms with Crippen LogP contribution in [0.3, 0.4) is 0 Å². The van der Waals surface area contributed by atoms with Crippen LogP contribution in [0.15, 0.2) is 58.4 Å². The van der Waals surface area contributed by atoms with Gasteiger partial charge in [-0.3, -0.25) is 0 Å². The van der Waals surface area contributed by atoms with Crippen molar-refractivity contribution in [1.29, 1.82) is 0 Å². The molecule has 0 radical (unpaired) electrons. The number of nitrogens with zero attached hydrogens (tertiary/aromatic N) is 1. The lowest BCUT2D eigenvalue weighted by Crippen LogP contribution is -1.90. The maximum absolute atomic E-state index is 5.17. The standard InChI is InChI=1S/C16H13BrN2OS/c1-20-12-8-6-11(7-9-12)15-10-21-16(19-15)18-14-5-3-2-4-13(14)17/h2-10H,1H3,(H,18,19). The smallest absolute Gasteiger partial charge is 0.187 e. The van der Waals surface area contributed by atoms with Crippen molar-refractivity contribution in [3.8, 4) is 17.0 Å². The van der Waals surface area contributed by atoms with Gasteiger partial charge in [-0.15, -0.1) is 11.3 Å². The Morgan fingerprint density at radius 2 is 1.86 bits per heavy atom. The average molecular weight is 361 g/mol. The summed E-state index contributed by atoms with van der Waals surface area (Å²) in [5.41, 5.74) is 3.04. The average Bonchev–Trinajstić information content (AvgIpc) is 2.98. The number of para-hydroxylation sites is 1. The van der Waals surface area contributed by atoms with Crippen molar-refractivity contribution in [2.75, 3.05) is 12.4 Å². The number of anilines is 2. The van der Waals surface area contributed by atoms with E-state index in [-0.39, 0.29) is 0 Å². The van der Waals surface area contributed by atoms with Gasteiger partial charge in [-0.25, -0.2) is 4.98 Å². The van der Waals surface area contributed by atoms with Crippen LogP contribution in [0.2, 0.25) is 0 Å². The Hall–Kier alpha value is -1.85. The summed E-state index contributed by atoms with van der Waals surface area (Å²) in [7, 11) is 1.66. The highest BCUT2D eigenvalue weighted by Crippen LogP contribution is 2.30. The van der Waals surface area contributed by atoms with Crippen LogP contribution in [-0.2, 0) is 0 Å². The lowest BCUT2D eigenvalue weighted by molar-refractivity contribution is 0.415. The normalized spacial score (nSPS) is 10.4. The number of thiazole rings is 1. The van der Waals surface area contributed by atoms with E-state index >= 15 is 0 Å². The minimum absolute atomic E-state index is 0.848. The lowest BCUT2D eigenvalue weighted by atomic mass is 10.2. The van der Waals surface area contributed by atoms with E-state index in [4.69, 9.17) is 4.74 Å². The van der Waals surface area contributed by atoms with E-state index in [9.17, 15) is 0 Å². The van der Waals surface area contributed by atoms with E-state index in [0.29, 0.717) is 0 Å². The molecule has 0 spiro atoms. The number of benzene rings is 2. The van der Waals surface area contributed by atoms with Crippen molar-refractivity contribution in [2.24, 2.45) is 0 Å². The molecule has 0 unspecified atom stereocenters. The fourth-order valence-corrected chi connectivity index (χ4v) is 3.02. The minimum Gasteiger partial charge on any atom is -0.497 e. The number of hydrogen-bond acceptors (Lipinski definition) is 4. The van der Waals surface area contributed by atoms with Crippen LogP contribution in [-0.4, -0.2) is 12.1 Å². The van der Waals surface area contributed by atoms with Crippen molar-refractivity contribution >= 4 is 38.1 Å². The van der Waals surface area contributed by atoms with Gasteiger partial charge in [0.15, 0.2) is 5.13 Å². The van der Waals surface area contributed by atoms with E-state index in [1.165, 1.54) is 0 Å². The summed E-state index contributed by atoms with van der Waals surface area (Å²) >= 11 is 5.11. The van der Waals surface area contributed by atoms with Gasteiger partial charge in [-0.1, -0.05) is 12.1 Å². The van der Waals surface area contributed by atoms with Gasteiger partial charge in [0.2, 0.25) is 0 Å². The van der Waals surface area contributed by atoms with Crippen LogP contribution in [0, 0.1) is 0 Å². The van der Waals surface area contributed by atoms with Crippen LogP contribution >= 0.6 is 27.3 Å². The zero-order valence-electron chi connectivity index (χ0n) is 11.3. The second-order valence-electron chi connectivity index (χ2n) is 4.37. The first-order chi connectivity index (χ1) is 10.3. The summed E-state index contributed by atoms with van der Waals surface area (Å²) in [5, 5.41) is 6.23. The Balaban J connectivity index is 1.81. The third-order valence-corrected chi connectivity index (χ3v) is 4.45.